The van der Waals surface area contributed by atoms with Crippen LogP contribution < -0.4 is 10.0 Å². The number of anilines is 2. The van der Waals surface area contributed by atoms with Gasteiger partial charge in [0.05, 0.1) is 10.6 Å². The molecule has 1 atom stereocenters. The van der Waals surface area contributed by atoms with Crippen molar-refractivity contribution in [2.45, 2.75) is 45.9 Å². The molecule has 3 rings (SSSR count). The molecule has 0 radical (unpaired) electrons. The van der Waals surface area contributed by atoms with E-state index in [0.29, 0.717) is 33.8 Å². The fourth-order valence-corrected chi connectivity index (χ4v) is 5.57. The van der Waals surface area contributed by atoms with Crippen LogP contribution in [0.25, 0.3) is 0 Å². The van der Waals surface area contributed by atoms with Crippen LogP contribution in [0.15, 0.2) is 26.9 Å². The zero-order chi connectivity index (χ0) is 22.9. The Morgan fingerprint density at radius 1 is 1.19 bits per heavy atom. The summed E-state index contributed by atoms with van der Waals surface area (Å²) in [6.45, 7) is 8.93. The van der Waals surface area contributed by atoms with Gasteiger partial charge in [-0.15, -0.1) is 11.3 Å². The Morgan fingerprint density at radius 3 is 2.52 bits per heavy atom. The van der Waals surface area contributed by atoms with Gasteiger partial charge in [-0.2, -0.15) is 0 Å². The van der Waals surface area contributed by atoms with E-state index in [-0.39, 0.29) is 21.6 Å². The lowest BCUT2D eigenvalue weighted by atomic mass is 9.99. The summed E-state index contributed by atoms with van der Waals surface area (Å²) in [4.78, 5) is 26.2. The molecular formula is C21H22ClN3O4S2. The van der Waals surface area contributed by atoms with Gasteiger partial charge in [0.2, 0.25) is 0 Å². The van der Waals surface area contributed by atoms with Crippen LogP contribution in [0.4, 0.5) is 11.6 Å². The number of hydrogen-bond donors (Lipinski definition) is 2. The summed E-state index contributed by atoms with van der Waals surface area (Å²) in [5.41, 5.74) is 3.79. The highest BCUT2D eigenvalue weighted by Gasteiger charge is 2.25. The molecule has 0 saturated heterocycles. The van der Waals surface area contributed by atoms with Crippen molar-refractivity contribution in [1.29, 1.82) is 0 Å². The van der Waals surface area contributed by atoms with Crippen LogP contribution in [0.2, 0.25) is 5.02 Å². The third-order valence-corrected chi connectivity index (χ3v) is 7.56. The fraction of sp³-hybridized carbons (Fsp3) is 0.286. The number of carbonyl (C=O) groups is 2. The molecule has 7 nitrogen and oxygen atoms in total. The number of hydrogen-bond acceptors (Lipinski definition) is 6. The fourth-order valence-electron chi connectivity index (χ4n) is 3.09. The van der Waals surface area contributed by atoms with Crippen molar-refractivity contribution in [2.75, 3.05) is 10.0 Å². The molecule has 1 aromatic carbocycles. The normalized spacial score (nSPS) is 11.9. The molecule has 10 heteroatoms. The summed E-state index contributed by atoms with van der Waals surface area (Å²) < 4.78 is 20.7. The Labute approximate surface area is 191 Å². The van der Waals surface area contributed by atoms with Gasteiger partial charge < -0.3 is 9.84 Å². The predicted molar refractivity (Wildman–Crippen MR) is 124 cm³/mol. The minimum atomic E-state index is -1.81. The third-order valence-electron chi connectivity index (χ3n) is 4.63. The molecule has 0 aliphatic heterocycles. The van der Waals surface area contributed by atoms with Crippen LogP contribution in [-0.2, 0) is 11.0 Å². The van der Waals surface area contributed by atoms with Crippen LogP contribution in [0.5, 0.6) is 0 Å². The number of amides is 1. The number of aryl methyl sites for hydroxylation is 4. The van der Waals surface area contributed by atoms with E-state index in [4.69, 9.17) is 16.1 Å². The molecule has 3 aromatic rings. The van der Waals surface area contributed by atoms with E-state index in [1.54, 1.807) is 32.2 Å². The number of halogens is 1. The highest BCUT2D eigenvalue weighted by atomic mass is 35.5. The minimum Gasteiger partial charge on any atom is -0.336 e. The van der Waals surface area contributed by atoms with Crippen LogP contribution in [-0.4, -0.2) is 21.1 Å². The van der Waals surface area contributed by atoms with Gasteiger partial charge in [0.25, 0.3) is 11.8 Å². The van der Waals surface area contributed by atoms with Gasteiger partial charge in [-0.05, 0) is 55.8 Å². The number of thiophene rings is 1. The maximum Gasteiger partial charge on any atom is 0.267 e. The number of rotatable bonds is 7. The molecule has 0 aliphatic carbocycles. The van der Waals surface area contributed by atoms with Gasteiger partial charge in [-0.1, -0.05) is 29.7 Å². The van der Waals surface area contributed by atoms with Crippen molar-refractivity contribution < 1.29 is 18.3 Å². The highest BCUT2D eigenvalue weighted by molar-refractivity contribution is 7.86. The molecule has 0 fully saturated rings. The third kappa shape index (κ3) is 4.73. The smallest absolute Gasteiger partial charge is 0.267 e. The van der Waals surface area contributed by atoms with E-state index in [2.05, 4.69) is 15.2 Å². The summed E-state index contributed by atoms with van der Waals surface area (Å²) in [7, 11) is -1.81. The summed E-state index contributed by atoms with van der Waals surface area (Å²) in [6.07, 6.45) is 0.320. The average molecular weight is 480 g/mol. The molecular weight excluding hydrogens is 458 g/mol. The first-order chi connectivity index (χ1) is 14.6. The number of Topliss-reactive ketones (excluding diaryl/α,β-unsaturated/α-hetero) is 1. The van der Waals surface area contributed by atoms with Gasteiger partial charge in [0.15, 0.2) is 16.8 Å². The van der Waals surface area contributed by atoms with Gasteiger partial charge in [-0.25, -0.2) is 4.21 Å². The van der Waals surface area contributed by atoms with Crippen molar-refractivity contribution in [3.8, 4) is 0 Å². The van der Waals surface area contributed by atoms with Crippen LogP contribution in [0, 0.1) is 27.7 Å². The zero-order valence-electron chi connectivity index (χ0n) is 17.7. The number of benzene rings is 1. The molecule has 1 amide bonds. The SMILES string of the molecule is CCC(=O)c1cc(C)cc(C)c1NC(=O)c1scc(C)c1S(=O)Nc1onc(C)c1Cl. The zero-order valence-corrected chi connectivity index (χ0v) is 20.1. The van der Waals surface area contributed by atoms with Crippen LogP contribution in [0.1, 0.15) is 55.8 Å². The van der Waals surface area contributed by atoms with Crippen molar-refractivity contribution in [3.05, 3.63) is 55.4 Å². The highest BCUT2D eigenvalue weighted by Crippen LogP contribution is 2.32. The Bertz CT molecular complexity index is 1200. The Balaban J connectivity index is 1.94. The topological polar surface area (TPSA) is 101 Å². The molecule has 0 aliphatic rings. The minimum absolute atomic E-state index is 0.0646. The van der Waals surface area contributed by atoms with E-state index in [9.17, 15) is 13.8 Å². The number of nitrogens with zero attached hydrogens (tertiary/aromatic N) is 1. The lowest BCUT2D eigenvalue weighted by Crippen LogP contribution is -2.18. The second-order valence-electron chi connectivity index (χ2n) is 7.09. The van der Waals surface area contributed by atoms with E-state index in [0.717, 1.165) is 11.1 Å². The molecule has 164 valence electrons. The van der Waals surface area contributed by atoms with Crippen molar-refractivity contribution in [2.24, 2.45) is 0 Å². The van der Waals surface area contributed by atoms with Crippen molar-refractivity contribution in [3.63, 3.8) is 0 Å². The summed E-state index contributed by atoms with van der Waals surface area (Å²) >= 11 is 7.26. The molecule has 0 spiro atoms. The van der Waals surface area contributed by atoms with Gasteiger partial charge in [0, 0.05) is 12.0 Å². The quantitative estimate of drug-likeness (QED) is 0.429. The van der Waals surface area contributed by atoms with E-state index in [1.165, 1.54) is 11.3 Å². The van der Waals surface area contributed by atoms with Gasteiger partial charge >= 0.3 is 0 Å². The Kier molecular flexibility index (Phi) is 6.98. The van der Waals surface area contributed by atoms with Crippen molar-refractivity contribution >= 4 is 57.2 Å². The summed E-state index contributed by atoms with van der Waals surface area (Å²) in [6, 6.07) is 3.67. The summed E-state index contributed by atoms with van der Waals surface area (Å²) in [5.74, 6) is -0.440. The Morgan fingerprint density at radius 2 is 1.90 bits per heavy atom. The number of nitrogens with one attached hydrogen (secondary N) is 2. The second kappa shape index (κ2) is 9.33. The lowest BCUT2D eigenvalue weighted by Gasteiger charge is -2.14. The standard InChI is InChI=1S/C21H22ClN3O4S2/c1-6-15(26)14-8-10(2)7-11(3)17(14)23-20(27)18-19(12(4)9-30-18)31(28)25-21-16(22)13(5)24-29-21/h7-9,25H,6H2,1-5H3,(H,23,27). The maximum atomic E-state index is 13.1. The first-order valence-corrected chi connectivity index (χ1v) is 11.9. The van der Waals surface area contributed by atoms with Crippen LogP contribution >= 0.6 is 22.9 Å². The second-order valence-corrected chi connectivity index (χ2v) is 9.50. The molecule has 2 N–H and O–H groups in total. The molecule has 31 heavy (non-hydrogen) atoms. The number of carbonyl (C=O) groups excluding carboxylic acids is 2. The Hall–Kier alpha value is -2.49. The average Bonchev–Trinajstić information content (AvgIpc) is 3.26. The largest absolute Gasteiger partial charge is 0.336 e. The first kappa shape index (κ1) is 23.2. The molecule has 2 aromatic heterocycles. The van der Waals surface area contributed by atoms with Crippen LogP contribution in [0.3, 0.4) is 0 Å². The number of ketones is 1. The maximum absolute atomic E-state index is 13.1. The van der Waals surface area contributed by atoms with Gasteiger partial charge in [-0.3, -0.25) is 14.3 Å². The molecule has 2 heterocycles. The van der Waals surface area contributed by atoms with E-state index < -0.39 is 16.9 Å². The first-order valence-electron chi connectivity index (χ1n) is 9.48. The van der Waals surface area contributed by atoms with Gasteiger partial charge in [0.1, 0.15) is 15.6 Å². The van der Waals surface area contributed by atoms with E-state index >= 15 is 0 Å². The van der Waals surface area contributed by atoms with E-state index in [1.807, 2.05) is 19.9 Å². The predicted octanol–water partition coefficient (Wildman–Crippen LogP) is 5.60. The molecule has 0 bridgehead atoms. The monoisotopic (exact) mass is 479 g/mol. The number of aromatic nitrogens is 1. The lowest BCUT2D eigenvalue weighted by molar-refractivity contribution is 0.0989. The molecule has 0 saturated carbocycles. The van der Waals surface area contributed by atoms with Crippen molar-refractivity contribution in [1.82, 2.24) is 5.16 Å². The molecule has 1 unspecified atom stereocenters. The summed E-state index contributed by atoms with van der Waals surface area (Å²) in [5, 5.41) is 8.55.